The largest absolute Gasteiger partial charge is 0.368 e. The number of likely N-dealkylation sites (tertiary alicyclic amines) is 1. The van der Waals surface area contributed by atoms with Crippen LogP contribution in [0.1, 0.15) is 53.4 Å². The van der Waals surface area contributed by atoms with E-state index >= 15 is 0 Å². The molecular formula is C14H29N3O. The molecule has 3 N–H and O–H groups in total. The molecule has 106 valence electrons. The molecule has 0 radical (unpaired) electrons. The smallest absolute Gasteiger partial charge is 0.237 e. The summed E-state index contributed by atoms with van der Waals surface area (Å²) in [4.78, 5) is 14.0. The lowest BCUT2D eigenvalue weighted by molar-refractivity contribution is -0.124. The van der Waals surface area contributed by atoms with E-state index in [1.165, 1.54) is 19.4 Å². The average molecular weight is 255 g/mol. The first-order chi connectivity index (χ1) is 8.32. The van der Waals surface area contributed by atoms with Crippen LogP contribution < -0.4 is 11.1 Å². The minimum Gasteiger partial charge on any atom is -0.368 e. The van der Waals surface area contributed by atoms with Crippen molar-refractivity contribution in [3.05, 3.63) is 0 Å². The van der Waals surface area contributed by atoms with E-state index in [-0.39, 0.29) is 5.91 Å². The van der Waals surface area contributed by atoms with Gasteiger partial charge in [0.05, 0.1) is 5.54 Å². The molecule has 0 aromatic heterocycles. The number of nitrogens with two attached hydrogens (primary N) is 1. The normalized spacial score (nSPS) is 22.9. The zero-order valence-electron chi connectivity index (χ0n) is 12.4. The van der Waals surface area contributed by atoms with Crippen molar-refractivity contribution in [1.29, 1.82) is 0 Å². The van der Waals surface area contributed by atoms with Crippen LogP contribution in [-0.4, -0.2) is 41.5 Å². The van der Waals surface area contributed by atoms with Crippen molar-refractivity contribution < 1.29 is 4.79 Å². The molecule has 1 atom stereocenters. The van der Waals surface area contributed by atoms with Crippen LogP contribution in [0, 0.1) is 0 Å². The predicted molar refractivity (Wildman–Crippen MR) is 75.4 cm³/mol. The SMILES string of the molecule is CCNC(C)(CCCN1CCCC1(C)C)C(N)=O. The standard InChI is InChI=1S/C14H29N3O/c1-5-16-14(4,12(15)18)9-7-11-17-10-6-8-13(17,2)3/h16H,5-11H2,1-4H3,(H2,15,18). The number of nitrogens with zero attached hydrogens (tertiary/aromatic N) is 1. The van der Waals surface area contributed by atoms with Crippen molar-refractivity contribution in [2.45, 2.75) is 64.5 Å². The third-order valence-electron chi connectivity index (χ3n) is 4.29. The molecular weight excluding hydrogens is 226 g/mol. The lowest BCUT2D eigenvalue weighted by atomic mass is 9.94. The van der Waals surface area contributed by atoms with E-state index in [4.69, 9.17) is 5.73 Å². The third kappa shape index (κ3) is 3.69. The second kappa shape index (κ2) is 6.02. The molecule has 4 nitrogen and oxygen atoms in total. The highest BCUT2D eigenvalue weighted by molar-refractivity contribution is 5.84. The van der Waals surface area contributed by atoms with E-state index in [0.717, 1.165) is 25.9 Å². The van der Waals surface area contributed by atoms with Gasteiger partial charge in [-0.05, 0) is 66.1 Å². The van der Waals surface area contributed by atoms with E-state index in [1.54, 1.807) is 0 Å². The van der Waals surface area contributed by atoms with Gasteiger partial charge < -0.3 is 11.1 Å². The van der Waals surface area contributed by atoms with Crippen LogP contribution in [0.5, 0.6) is 0 Å². The molecule has 0 spiro atoms. The van der Waals surface area contributed by atoms with Crippen molar-refractivity contribution in [3.8, 4) is 0 Å². The first-order valence-corrected chi connectivity index (χ1v) is 7.12. The Labute approximate surface area is 111 Å². The Morgan fingerprint density at radius 1 is 1.50 bits per heavy atom. The highest BCUT2D eigenvalue weighted by Gasteiger charge is 2.33. The molecule has 1 fully saturated rings. The summed E-state index contributed by atoms with van der Waals surface area (Å²) in [6.45, 7) is 11.5. The molecule has 1 saturated heterocycles. The number of hydrogen-bond acceptors (Lipinski definition) is 3. The topological polar surface area (TPSA) is 58.4 Å². The Hall–Kier alpha value is -0.610. The maximum Gasteiger partial charge on any atom is 0.237 e. The number of rotatable bonds is 7. The fourth-order valence-electron chi connectivity index (χ4n) is 2.89. The van der Waals surface area contributed by atoms with Gasteiger partial charge in [0, 0.05) is 5.54 Å². The number of carbonyl (C=O) groups excluding carboxylic acids is 1. The van der Waals surface area contributed by atoms with Crippen LogP contribution in [0.4, 0.5) is 0 Å². The fourth-order valence-corrected chi connectivity index (χ4v) is 2.89. The van der Waals surface area contributed by atoms with Gasteiger partial charge in [-0.2, -0.15) is 0 Å². The van der Waals surface area contributed by atoms with Crippen LogP contribution in [0.2, 0.25) is 0 Å². The van der Waals surface area contributed by atoms with Crippen LogP contribution in [0.25, 0.3) is 0 Å². The first-order valence-electron chi connectivity index (χ1n) is 7.12. The molecule has 1 amide bonds. The van der Waals surface area contributed by atoms with Gasteiger partial charge in [-0.15, -0.1) is 0 Å². The van der Waals surface area contributed by atoms with Gasteiger partial charge in [0.25, 0.3) is 0 Å². The maximum atomic E-state index is 11.5. The molecule has 0 saturated carbocycles. The number of hydrogen-bond donors (Lipinski definition) is 2. The van der Waals surface area contributed by atoms with Crippen LogP contribution in [0.3, 0.4) is 0 Å². The molecule has 0 bridgehead atoms. The summed E-state index contributed by atoms with van der Waals surface area (Å²) < 4.78 is 0. The minimum atomic E-state index is -0.557. The molecule has 0 aromatic carbocycles. The van der Waals surface area contributed by atoms with Gasteiger partial charge >= 0.3 is 0 Å². The van der Waals surface area contributed by atoms with Crippen LogP contribution >= 0.6 is 0 Å². The van der Waals surface area contributed by atoms with E-state index in [2.05, 4.69) is 24.1 Å². The fraction of sp³-hybridized carbons (Fsp3) is 0.929. The summed E-state index contributed by atoms with van der Waals surface area (Å²) in [5, 5.41) is 3.21. The van der Waals surface area contributed by atoms with E-state index in [9.17, 15) is 4.79 Å². The Balaban J connectivity index is 2.42. The summed E-state index contributed by atoms with van der Waals surface area (Å²) in [5.74, 6) is -0.245. The number of likely N-dealkylation sites (N-methyl/N-ethyl adjacent to an activating group) is 1. The molecule has 4 heteroatoms. The minimum absolute atomic E-state index is 0.245. The van der Waals surface area contributed by atoms with Crippen molar-refractivity contribution in [2.75, 3.05) is 19.6 Å². The monoisotopic (exact) mass is 255 g/mol. The van der Waals surface area contributed by atoms with E-state index < -0.39 is 5.54 Å². The Kier molecular flexibility index (Phi) is 5.17. The summed E-state index contributed by atoms with van der Waals surface area (Å²) >= 11 is 0. The van der Waals surface area contributed by atoms with Crippen molar-refractivity contribution >= 4 is 5.91 Å². The molecule has 1 rings (SSSR count). The highest BCUT2D eigenvalue weighted by Crippen LogP contribution is 2.28. The lowest BCUT2D eigenvalue weighted by Gasteiger charge is -2.33. The van der Waals surface area contributed by atoms with Crippen molar-refractivity contribution in [2.24, 2.45) is 5.73 Å². The summed E-state index contributed by atoms with van der Waals surface area (Å²) in [6, 6.07) is 0. The zero-order valence-corrected chi connectivity index (χ0v) is 12.4. The average Bonchev–Trinajstić information content (AvgIpc) is 2.58. The second-order valence-corrected chi connectivity index (χ2v) is 6.23. The lowest BCUT2D eigenvalue weighted by Crippen LogP contribution is -2.53. The van der Waals surface area contributed by atoms with Gasteiger partial charge in [0.15, 0.2) is 0 Å². The molecule has 1 heterocycles. The van der Waals surface area contributed by atoms with Crippen LogP contribution in [-0.2, 0) is 4.79 Å². The van der Waals surface area contributed by atoms with Crippen molar-refractivity contribution in [3.63, 3.8) is 0 Å². The van der Waals surface area contributed by atoms with Gasteiger partial charge in [-0.25, -0.2) is 0 Å². The second-order valence-electron chi connectivity index (χ2n) is 6.23. The number of carbonyl (C=O) groups is 1. The predicted octanol–water partition coefficient (Wildman–Crippen LogP) is 1.49. The van der Waals surface area contributed by atoms with Gasteiger partial charge in [0.2, 0.25) is 5.91 Å². The molecule has 0 aromatic rings. The van der Waals surface area contributed by atoms with Gasteiger partial charge in [0.1, 0.15) is 0 Å². The molecule has 0 aliphatic carbocycles. The van der Waals surface area contributed by atoms with E-state index in [1.807, 2.05) is 13.8 Å². The number of amides is 1. The first kappa shape index (κ1) is 15.4. The molecule has 1 aliphatic rings. The maximum absolute atomic E-state index is 11.5. The summed E-state index contributed by atoms with van der Waals surface area (Å²) in [7, 11) is 0. The Bertz CT molecular complexity index is 291. The van der Waals surface area contributed by atoms with Gasteiger partial charge in [-0.1, -0.05) is 6.92 Å². The quantitative estimate of drug-likeness (QED) is 0.725. The Morgan fingerprint density at radius 3 is 2.61 bits per heavy atom. The summed E-state index contributed by atoms with van der Waals surface area (Å²) in [6.07, 6.45) is 4.37. The molecule has 18 heavy (non-hydrogen) atoms. The molecule has 1 unspecified atom stereocenters. The number of nitrogens with one attached hydrogen (secondary N) is 1. The van der Waals surface area contributed by atoms with Crippen molar-refractivity contribution in [1.82, 2.24) is 10.2 Å². The van der Waals surface area contributed by atoms with E-state index in [0.29, 0.717) is 5.54 Å². The number of primary amides is 1. The molecule has 1 aliphatic heterocycles. The van der Waals surface area contributed by atoms with Crippen LogP contribution in [0.15, 0.2) is 0 Å². The van der Waals surface area contributed by atoms with Gasteiger partial charge in [-0.3, -0.25) is 9.69 Å². The zero-order chi connectivity index (χ0) is 13.8. The Morgan fingerprint density at radius 2 is 2.17 bits per heavy atom. The summed E-state index contributed by atoms with van der Waals surface area (Å²) in [5.41, 5.74) is 5.25. The highest BCUT2D eigenvalue weighted by atomic mass is 16.1. The third-order valence-corrected chi connectivity index (χ3v) is 4.29.